The van der Waals surface area contributed by atoms with Crippen molar-refractivity contribution in [3.63, 3.8) is 0 Å². The first-order valence-corrected chi connectivity index (χ1v) is 6.35. The summed E-state index contributed by atoms with van der Waals surface area (Å²) in [5, 5.41) is 5.59. The number of rotatable bonds is 3. The van der Waals surface area contributed by atoms with Gasteiger partial charge in [0, 0.05) is 31.4 Å². The Morgan fingerprint density at radius 2 is 1.16 bits per heavy atom. The maximum absolute atomic E-state index is 12.2. The molecule has 2 amide bonds. The summed E-state index contributed by atoms with van der Waals surface area (Å²) < 4.78 is 0. The van der Waals surface area contributed by atoms with Crippen molar-refractivity contribution >= 4 is 11.8 Å². The van der Waals surface area contributed by atoms with Gasteiger partial charge in [0.25, 0.3) is 11.8 Å². The second-order valence-corrected chi connectivity index (χ2v) is 6.91. The van der Waals surface area contributed by atoms with Gasteiger partial charge >= 0.3 is 0 Å². The Hall–Kier alpha value is -1.52. The first kappa shape index (κ1) is 17.5. The number of carbonyl (C=O) groups excluding carboxylic acids is 2. The van der Waals surface area contributed by atoms with Crippen LogP contribution in [0.5, 0.6) is 0 Å². The number of amides is 2. The molecule has 0 saturated carbocycles. The van der Waals surface area contributed by atoms with Crippen molar-refractivity contribution in [3.8, 4) is 0 Å². The number of hydrogen-bond acceptors (Lipinski definition) is 3. The average molecular weight is 269 g/mol. The zero-order chi connectivity index (χ0) is 15.4. The Morgan fingerprint density at radius 1 is 0.842 bits per heavy atom. The molecule has 0 radical (unpaired) electrons. The van der Waals surface area contributed by atoms with Crippen LogP contribution in [0.4, 0.5) is 0 Å². The van der Waals surface area contributed by atoms with E-state index in [-0.39, 0.29) is 28.5 Å². The normalized spacial score (nSPS) is 11.6. The summed E-state index contributed by atoms with van der Waals surface area (Å²) in [4.78, 5) is 26.0. The zero-order valence-corrected chi connectivity index (χ0v) is 13.3. The van der Waals surface area contributed by atoms with E-state index in [9.17, 15) is 9.59 Å². The lowest BCUT2D eigenvalue weighted by Gasteiger charge is -2.25. The second-order valence-electron chi connectivity index (χ2n) is 6.91. The fourth-order valence-electron chi connectivity index (χ4n) is 1.29. The highest BCUT2D eigenvalue weighted by atomic mass is 16.2. The van der Waals surface area contributed by atoms with Crippen molar-refractivity contribution in [2.24, 2.45) is 0 Å². The van der Waals surface area contributed by atoms with Gasteiger partial charge in [-0.3, -0.25) is 9.59 Å². The Morgan fingerprint density at radius 3 is 1.37 bits per heavy atom. The molecule has 2 N–H and O–H groups in total. The monoisotopic (exact) mass is 269 g/mol. The van der Waals surface area contributed by atoms with Gasteiger partial charge in [0.15, 0.2) is 0 Å². The molecule has 5 heteroatoms. The van der Waals surface area contributed by atoms with E-state index in [0.717, 1.165) is 0 Å². The van der Waals surface area contributed by atoms with Crippen molar-refractivity contribution in [1.82, 2.24) is 15.5 Å². The van der Waals surface area contributed by atoms with E-state index in [1.54, 1.807) is 19.0 Å². The molecule has 0 rings (SSSR count). The van der Waals surface area contributed by atoms with Gasteiger partial charge in [0.2, 0.25) is 0 Å². The lowest BCUT2D eigenvalue weighted by molar-refractivity contribution is -0.125. The van der Waals surface area contributed by atoms with Crippen LogP contribution in [0.25, 0.3) is 0 Å². The molecule has 5 nitrogen and oxygen atoms in total. The Kier molecular flexibility index (Phi) is 5.60. The third-order valence-electron chi connectivity index (χ3n) is 1.85. The molecule has 0 aromatic heterocycles. The molecule has 0 atom stereocenters. The average Bonchev–Trinajstić information content (AvgIpc) is 2.07. The molecule has 0 aliphatic rings. The van der Waals surface area contributed by atoms with E-state index in [1.807, 2.05) is 41.5 Å². The zero-order valence-electron chi connectivity index (χ0n) is 13.3. The molecule has 0 saturated heterocycles. The van der Waals surface area contributed by atoms with E-state index in [1.165, 1.54) is 6.20 Å². The predicted octanol–water partition coefficient (Wildman–Crippen LogP) is 1.26. The summed E-state index contributed by atoms with van der Waals surface area (Å²) in [6, 6.07) is 0. The minimum Gasteiger partial charge on any atom is -0.383 e. The summed E-state index contributed by atoms with van der Waals surface area (Å²) in [5.74, 6) is -0.745. The number of carbonyl (C=O) groups is 2. The van der Waals surface area contributed by atoms with Gasteiger partial charge in [-0.25, -0.2) is 0 Å². The van der Waals surface area contributed by atoms with Crippen LogP contribution in [0.15, 0.2) is 11.8 Å². The van der Waals surface area contributed by atoms with E-state index in [2.05, 4.69) is 10.6 Å². The SMILES string of the molecule is CN(C)C=C(C(=O)NC(C)(C)C)C(=O)NC(C)(C)C. The fourth-order valence-corrected chi connectivity index (χ4v) is 1.29. The maximum atomic E-state index is 12.2. The standard InChI is InChI=1S/C14H27N3O2/c1-13(2,3)15-11(18)10(9-17(7)8)12(19)16-14(4,5)6/h9H,1-8H3,(H,15,18)(H,16,19). The van der Waals surface area contributed by atoms with Gasteiger partial charge < -0.3 is 15.5 Å². The van der Waals surface area contributed by atoms with Crippen LogP contribution in [-0.2, 0) is 9.59 Å². The van der Waals surface area contributed by atoms with Gasteiger partial charge in [0.05, 0.1) is 0 Å². The van der Waals surface area contributed by atoms with Crippen LogP contribution < -0.4 is 10.6 Å². The first-order valence-electron chi connectivity index (χ1n) is 6.35. The number of nitrogens with zero attached hydrogens (tertiary/aromatic N) is 1. The van der Waals surface area contributed by atoms with Crippen molar-refractivity contribution < 1.29 is 9.59 Å². The highest BCUT2D eigenvalue weighted by molar-refractivity contribution is 6.18. The highest BCUT2D eigenvalue weighted by Crippen LogP contribution is 2.07. The molecule has 0 spiro atoms. The molecule has 0 aliphatic heterocycles. The van der Waals surface area contributed by atoms with Crippen LogP contribution in [0.3, 0.4) is 0 Å². The lowest BCUT2D eigenvalue weighted by atomic mass is 10.1. The van der Waals surface area contributed by atoms with Crippen molar-refractivity contribution in [2.45, 2.75) is 52.6 Å². The van der Waals surface area contributed by atoms with Gasteiger partial charge in [-0.1, -0.05) is 0 Å². The van der Waals surface area contributed by atoms with Crippen molar-refractivity contribution in [2.75, 3.05) is 14.1 Å². The fraction of sp³-hybridized carbons (Fsp3) is 0.714. The second kappa shape index (κ2) is 6.08. The molecular weight excluding hydrogens is 242 g/mol. The summed E-state index contributed by atoms with van der Waals surface area (Å²) in [6.07, 6.45) is 1.53. The quantitative estimate of drug-likeness (QED) is 0.461. The molecule has 0 aromatic rings. The Balaban J connectivity index is 5.14. The predicted molar refractivity (Wildman–Crippen MR) is 77.6 cm³/mol. The molecule has 0 unspecified atom stereocenters. The van der Waals surface area contributed by atoms with Crippen LogP contribution in [-0.4, -0.2) is 41.9 Å². The van der Waals surface area contributed by atoms with E-state index < -0.39 is 0 Å². The summed E-state index contributed by atoms with van der Waals surface area (Å²) >= 11 is 0. The summed E-state index contributed by atoms with van der Waals surface area (Å²) in [5.41, 5.74) is -0.663. The molecule has 0 heterocycles. The largest absolute Gasteiger partial charge is 0.383 e. The summed E-state index contributed by atoms with van der Waals surface area (Å²) in [6.45, 7) is 11.2. The Labute approximate surface area is 116 Å². The van der Waals surface area contributed by atoms with Crippen LogP contribution in [0.1, 0.15) is 41.5 Å². The number of hydrogen-bond donors (Lipinski definition) is 2. The molecule has 0 bridgehead atoms. The molecule has 19 heavy (non-hydrogen) atoms. The van der Waals surface area contributed by atoms with Crippen LogP contribution in [0, 0.1) is 0 Å². The van der Waals surface area contributed by atoms with Gasteiger partial charge in [-0.05, 0) is 41.5 Å². The minimum absolute atomic E-state index is 0.106. The smallest absolute Gasteiger partial charge is 0.258 e. The lowest BCUT2D eigenvalue weighted by Crippen LogP contribution is -2.48. The summed E-state index contributed by atoms with van der Waals surface area (Å²) in [7, 11) is 3.55. The molecule has 110 valence electrons. The highest BCUT2D eigenvalue weighted by Gasteiger charge is 2.25. The van der Waals surface area contributed by atoms with E-state index in [0.29, 0.717) is 0 Å². The third kappa shape index (κ3) is 8.24. The van der Waals surface area contributed by atoms with Crippen molar-refractivity contribution in [1.29, 1.82) is 0 Å². The van der Waals surface area contributed by atoms with Crippen LogP contribution in [0.2, 0.25) is 0 Å². The van der Waals surface area contributed by atoms with Crippen molar-refractivity contribution in [3.05, 3.63) is 11.8 Å². The number of nitrogens with one attached hydrogen (secondary N) is 2. The molecule has 0 aromatic carbocycles. The molecular formula is C14H27N3O2. The first-order chi connectivity index (χ1) is 8.32. The Bertz CT molecular complexity index is 341. The van der Waals surface area contributed by atoms with Gasteiger partial charge in [0.1, 0.15) is 5.57 Å². The topological polar surface area (TPSA) is 61.4 Å². The van der Waals surface area contributed by atoms with E-state index in [4.69, 9.17) is 0 Å². The maximum Gasteiger partial charge on any atom is 0.258 e. The molecule has 0 aliphatic carbocycles. The minimum atomic E-state index is -0.384. The van der Waals surface area contributed by atoms with E-state index >= 15 is 0 Å². The third-order valence-corrected chi connectivity index (χ3v) is 1.85. The van der Waals surface area contributed by atoms with Gasteiger partial charge in [-0.2, -0.15) is 0 Å². The molecule has 0 fully saturated rings. The van der Waals surface area contributed by atoms with Crippen LogP contribution >= 0.6 is 0 Å². The van der Waals surface area contributed by atoms with Gasteiger partial charge in [-0.15, -0.1) is 0 Å².